The third-order valence-corrected chi connectivity index (χ3v) is 5.05. The first-order valence-electron chi connectivity index (χ1n) is 9.53. The van der Waals surface area contributed by atoms with Crippen LogP contribution in [0.5, 0.6) is 0 Å². The fourth-order valence-corrected chi connectivity index (χ4v) is 3.50. The number of fused-ring (bicyclic) bond motifs is 1. The van der Waals surface area contributed by atoms with Crippen LogP contribution in [-0.4, -0.2) is 21.6 Å². The van der Waals surface area contributed by atoms with Crippen molar-refractivity contribution in [3.05, 3.63) is 83.6 Å². The summed E-state index contributed by atoms with van der Waals surface area (Å²) in [6.07, 6.45) is 2.11. The van der Waals surface area contributed by atoms with E-state index in [0.29, 0.717) is 29.3 Å². The van der Waals surface area contributed by atoms with Crippen molar-refractivity contribution >= 4 is 23.2 Å². The summed E-state index contributed by atoms with van der Waals surface area (Å²) in [4.78, 5) is 6.00. The van der Waals surface area contributed by atoms with Gasteiger partial charge in [0.1, 0.15) is 11.6 Å². The predicted octanol–water partition coefficient (Wildman–Crippen LogP) is 5.93. The quantitative estimate of drug-likeness (QED) is 0.293. The maximum Gasteiger partial charge on any atom is 0.194 e. The zero-order chi connectivity index (χ0) is 22.3. The molecule has 8 heteroatoms. The van der Waals surface area contributed by atoms with E-state index in [0.717, 1.165) is 17.7 Å². The van der Waals surface area contributed by atoms with Gasteiger partial charge in [0, 0.05) is 24.7 Å². The van der Waals surface area contributed by atoms with Crippen molar-refractivity contribution in [2.45, 2.75) is 13.3 Å². The Morgan fingerprint density at radius 1 is 1.03 bits per heavy atom. The lowest BCUT2D eigenvalue weighted by Crippen LogP contribution is -2.18. The van der Waals surface area contributed by atoms with Crippen LogP contribution in [0.3, 0.4) is 0 Å². The van der Waals surface area contributed by atoms with Crippen LogP contribution < -0.4 is 4.90 Å². The first kappa shape index (κ1) is 20.6. The lowest BCUT2D eigenvalue weighted by atomic mass is 10.1. The van der Waals surface area contributed by atoms with Crippen LogP contribution in [0.2, 0.25) is 0 Å². The number of halogens is 4. The van der Waals surface area contributed by atoms with Gasteiger partial charge in [-0.05, 0) is 36.3 Å². The Balaban J connectivity index is 1.99. The summed E-state index contributed by atoms with van der Waals surface area (Å²) in [6, 6.07) is 9.69. The van der Waals surface area contributed by atoms with Crippen LogP contribution in [0.15, 0.2) is 49.0 Å². The van der Waals surface area contributed by atoms with Crippen molar-refractivity contribution in [1.29, 1.82) is 0 Å². The molecule has 0 aliphatic rings. The summed E-state index contributed by atoms with van der Waals surface area (Å²) >= 11 is 0. The number of anilines is 2. The molecule has 4 aromatic rings. The number of hydrogen-bond acceptors (Lipinski definition) is 3. The molecule has 0 saturated heterocycles. The lowest BCUT2D eigenvalue weighted by molar-refractivity contribution is 0.447. The molecule has 0 aliphatic heterocycles. The van der Waals surface area contributed by atoms with Crippen LogP contribution in [0.25, 0.3) is 23.0 Å². The minimum Gasteiger partial charge on any atom is -0.327 e. The van der Waals surface area contributed by atoms with Gasteiger partial charge in [-0.1, -0.05) is 25.6 Å². The molecule has 0 unspecified atom stereocenters. The first-order chi connectivity index (χ1) is 14.8. The summed E-state index contributed by atoms with van der Waals surface area (Å²) in [5.74, 6) is -4.23. The molecule has 0 fully saturated rings. The Morgan fingerprint density at radius 2 is 1.74 bits per heavy atom. The molecule has 31 heavy (non-hydrogen) atoms. The van der Waals surface area contributed by atoms with Gasteiger partial charge in [-0.2, -0.15) is 9.61 Å². The topological polar surface area (TPSA) is 33.4 Å². The van der Waals surface area contributed by atoms with Crippen molar-refractivity contribution in [3.8, 4) is 11.3 Å². The highest BCUT2D eigenvalue weighted by atomic mass is 19.2. The van der Waals surface area contributed by atoms with E-state index in [2.05, 4.69) is 16.7 Å². The fourth-order valence-electron chi connectivity index (χ4n) is 3.50. The molecule has 0 spiro atoms. The average molecular weight is 426 g/mol. The minimum atomic E-state index is -1.56. The molecule has 0 N–H and O–H groups in total. The number of benzene rings is 2. The van der Waals surface area contributed by atoms with Gasteiger partial charge in [0.2, 0.25) is 0 Å². The number of aromatic nitrogens is 3. The van der Waals surface area contributed by atoms with Gasteiger partial charge in [0.25, 0.3) is 0 Å². The number of rotatable bonds is 5. The molecule has 4 nitrogen and oxygen atoms in total. The van der Waals surface area contributed by atoms with Crippen molar-refractivity contribution in [2.75, 3.05) is 11.9 Å². The largest absolute Gasteiger partial charge is 0.327 e. The molecule has 2 aromatic heterocycles. The summed E-state index contributed by atoms with van der Waals surface area (Å²) in [6.45, 7) is 5.61. The minimum absolute atomic E-state index is 0.0409. The second-order valence-corrected chi connectivity index (χ2v) is 6.96. The third-order valence-electron chi connectivity index (χ3n) is 5.05. The summed E-state index contributed by atoms with van der Waals surface area (Å²) < 4.78 is 57.4. The molecule has 2 aromatic carbocycles. The monoisotopic (exact) mass is 426 g/mol. The molecular weight excluding hydrogens is 408 g/mol. The molecular formula is C23H18F4N4. The first-order valence-corrected chi connectivity index (χ1v) is 9.53. The van der Waals surface area contributed by atoms with E-state index in [1.165, 1.54) is 22.7 Å². The van der Waals surface area contributed by atoms with E-state index in [-0.39, 0.29) is 11.3 Å². The highest BCUT2D eigenvalue weighted by Crippen LogP contribution is 2.33. The SMILES string of the molecule is C=Cc1cc2nc(-c3cc(F)c(F)c(F)c3)cc(N(C)c3c(F)cccc3CC)n2n1. The predicted molar refractivity (Wildman–Crippen MR) is 112 cm³/mol. The van der Waals surface area contributed by atoms with E-state index in [1.807, 2.05) is 13.0 Å². The van der Waals surface area contributed by atoms with Gasteiger partial charge in [-0.25, -0.2) is 22.5 Å². The highest BCUT2D eigenvalue weighted by molar-refractivity contribution is 5.73. The Labute approximate surface area is 176 Å². The lowest BCUT2D eigenvalue weighted by Gasteiger charge is -2.24. The molecule has 0 radical (unpaired) electrons. The van der Waals surface area contributed by atoms with E-state index >= 15 is 0 Å². The summed E-state index contributed by atoms with van der Waals surface area (Å²) in [7, 11) is 1.66. The number of hydrogen-bond donors (Lipinski definition) is 0. The molecule has 2 heterocycles. The van der Waals surface area contributed by atoms with E-state index in [9.17, 15) is 17.6 Å². The van der Waals surface area contributed by atoms with Crippen LogP contribution in [0, 0.1) is 23.3 Å². The van der Waals surface area contributed by atoms with Gasteiger partial charge in [0.05, 0.1) is 17.1 Å². The molecule has 0 aliphatic carbocycles. The molecule has 158 valence electrons. The van der Waals surface area contributed by atoms with Crippen molar-refractivity contribution in [1.82, 2.24) is 14.6 Å². The van der Waals surface area contributed by atoms with E-state index in [4.69, 9.17) is 0 Å². The number of nitrogens with zero attached hydrogens (tertiary/aromatic N) is 4. The summed E-state index contributed by atoms with van der Waals surface area (Å²) in [5.41, 5.74) is 2.20. The Bertz CT molecular complexity index is 1290. The second kappa shape index (κ2) is 7.86. The standard InChI is InChI=1S/C23H18F4N4/c1-4-13-7-6-8-16(24)23(13)30(3)21-12-19(14-9-17(25)22(27)18(26)10-14)28-20-11-15(5-2)29-31(20)21/h5-12H,2,4H2,1,3H3. The number of para-hydroxylation sites is 1. The van der Waals surface area contributed by atoms with Gasteiger partial charge < -0.3 is 4.90 Å². The van der Waals surface area contributed by atoms with Gasteiger partial charge in [-0.3, -0.25) is 0 Å². The Morgan fingerprint density at radius 3 is 2.39 bits per heavy atom. The van der Waals surface area contributed by atoms with Crippen molar-refractivity contribution in [2.24, 2.45) is 0 Å². The molecule has 0 amide bonds. The van der Waals surface area contributed by atoms with E-state index < -0.39 is 23.3 Å². The zero-order valence-corrected chi connectivity index (χ0v) is 16.8. The van der Waals surface area contributed by atoms with Crippen LogP contribution in [-0.2, 0) is 6.42 Å². The molecule has 0 atom stereocenters. The van der Waals surface area contributed by atoms with E-state index in [1.54, 1.807) is 24.1 Å². The maximum absolute atomic E-state index is 14.8. The smallest absolute Gasteiger partial charge is 0.194 e. The van der Waals surface area contributed by atoms with Gasteiger partial charge >= 0.3 is 0 Å². The summed E-state index contributed by atoms with van der Waals surface area (Å²) in [5, 5.41) is 4.41. The second-order valence-electron chi connectivity index (χ2n) is 6.96. The molecule has 0 bridgehead atoms. The normalized spacial score (nSPS) is 11.2. The van der Waals surface area contributed by atoms with Crippen LogP contribution in [0.1, 0.15) is 18.2 Å². The van der Waals surface area contributed by atoms with Gasteiger partial charge in [0.15, 0.2) is 23.1 Å². The number of aryl methyl sites for hydroxylation is 1. The van der Waals surface area contributed by atoms with Crippen LogP contribution >= 0.6 is 0 Å². The van der Waals surface area contributed by atoms with Crippen molar-refractivity contribution in [3.63, 3.8) is 0 Å². The average Bonchev–Trinajstić information content (AvgIpc) is 3.19. The fraction of sp³-hybridized carbons (Fsp3) is 0.130. The van der Waals surface area contributed by atoms with Crippen LogP contribution in [0.4, 0.5) is 29.1 Å². The maximum atomic E-state index is 14.8. The highest BCUT2D eigenvalue weighted by Gasteiger charge is 2.20. The van der Waals surface area contributed by atoms with Crippen molar-refractivity contribution < 1.29 is 17.6 Å². The molecule has 0 saturated carbocycles. The molecule has 4 rings (SSSR count). The Kier molecular flexibility index (Phi) is 5.22. The zero-order valence-electron chi connectivity index (χ0n) is 16.8. The third kappa shape index (κ3) is 3.54. The Hall–Kier alpha value is -3.68. The van der Waals surface area contributed by atoms with Gasteiger partial charge in [-0.15, -0.1) is 0 Å².